The summed E-state index contributed by atoms with van der Waals surface area (Å²) in [7, 11) is 0. The minimum atomic E-state index is -1.13. The zero-order chi connectivity index (χ0) is 16.8. The van der Waals surface area contributed by atoms with E-state index in [0.29, 0.717) is 0 Å². The third-order valence-electron chi connectivity index (χ3n) is 3.46. The number of carbonyl (C=O) groups is 2. The SMILES string of the molecule is C=CCOCC(NC(=O)C(C)(C)c1ccc(C)cc1)C(=O)O. The van der Waals surface area contributed by atoms with Crippen LogP contribution in [0.1, 0.15) is 25.0 Å². The van der Waals surface area contributed by atoms with Gasteiger partial charge < -0.3 is 15.2 Å². The molecule has 2 N–H and O–H groups in total. The average molecular weight is 305 g/mol. The van der Waals surface area contributed by atoms with Crippen molar-refractivity contribution < 1.29 is 19.4 Å². The monoisotopic (exact) mass is 305 g/mol. The predicted molar refractivity (Wildman–Crippen MR) is 84.8 cm³/mol. The number of carbonyl (C=O) groups excluding carboxylic acids is 1. The molecule has 0 bridgehead atoms. The molecule has 1 aromatic rings. The zero-order valence-electron chi connectivity index (χ0n) is 13.3. The summed E-state index contributed by atoms with van der Waals surface area (Å²) >= 11 is 0. The number of carboxylic acid groups (broad SMARTS) is 1. The summed E-state index contributed by atoms with van der Waals surface area (Å²) in [5.41, 5.74) is 1.09. The summed E-state index contributed by atoms with van der Waals surface area (Å²) in [6.45, 7) is 9.11. The molecule has 120 valence electrons. The summed E-state index contributed by atoms with van der Waals surface area (Å²) in [5, 5.41) is 11.7. The Bertz CT molecular complexity index is 534. The Morgan fingerprint density at radius 2 is 1.95 bits per heavy atom. The molecule has 0 aliphatic rings. The molecule has 0 aliphatic heterocycles. The lowest BCUT2D eigenvalue weighted by Crippen LogP contribution is -2.50. The average Bonchev–Trinajstić information content (AvgIpc) is 2.46. The van der Waals surface area contributed by atoms with Crippen molar-refractivity contribution in [2.24, 2.45) is 0 Å². The first-order valence-corrected chi connectivity index (χ1v) is 7.08. The minimum absolute atomic E-state index is 0.100. The van der Waals surface area contributed by atoms with E-state index in [4.69, 9.17) is 4.74 Å². The summed E-state index contributed by atoms with van der Waals surface area (Å²) in [6.07, 6.45) is 1.52. The van der Waals surface area contributed by atoms with Crippen LogP contribution in [0.2, 0.25) is 0 Å². The zero-order valence-corrected chi connectivity index (χ0v) is 13.3. The second kappa shape index (κ2) is 7.75. The summed E-state index contributed by atoms with van der Waals surface area (Å²) in [4.78, 5) is 23.7. The van der Waals surface area contributed by atoms with Gasteiger partial charge in [0.1, 0.15) is 0 Å². The van der Waals surface area contributed by atoms with Gasteiger partial charge in [-0.3, -0.25) is 4.79 Å². The van der Waals surface area contributed by atoms with Crippen molar-refractivity contribution in [1.29, 1.82) is 0 Å². The van der Waals surface area contributed by atoms with E-state index in [9.17, 15) is 14.7 Å². The van der Waals surface area contributed by atoms with Gasteiger partial charge in [-0.25, -0.2) is 4.79 Å². The fraction of sp³-hybridized carbons (Fsp3) is 0.412. The second-order valence-electron chi connectivity index (χ2n) is 5.68. The number of aryl methyl sites for hydroxylation is 1. The Morgan fingerprint density at radius 1 is 1.36 bits per heavy atom. The highest BCUT2D eigenvalue weighted by Crippen LogP contribution is 2.23. The Labute approximate surface area is 131 Å². The number of hydrogen-bond donors (Lipinski definition) is 2. The van der Waals surface area contributed by atoms with E-state index in [2.05, 4.69) is 11.9 Å². The number of hydrogen-bond acceptors (Lipinski definition) is 3. The number of benzene rings is 1. The quantitative estimate of drug-likeness (QED) is 0.569. The molecule has 0 saturated heterocycles. The molecule has 5 heteroatoms. The number of ether oxygens (including phenoxy) is 1. The van der Waals surface area contributed by atoms with Gasteiger partial charge in [-0.15, -0.1) is 6.58 Å². The van der Waals surface area contributed by atoms with Crippen LogP contribution in [0.4, 0.5) is 0 Å². The van der Waals surface area contributed by atoms with Crippen molar-refractivity contribution in [2.75, 3.05) is 13.2 Å². The Balaban J connectivity index is 2.80. The predicted octanol–water partition coefficient (Wildman–Crippen LogP) is 2.04. The largest absolute Gasteiger partial charge is 0.480 e. The molecule has 1 amide bonds. The fourth-order valence-electron chi connectivity index (χ4n) is 1.88. The lowest BCUT2D eigenvalue weighted by atomic mass is 9.83. The molecule has 1 aromatic carbocycles. The van der Waals surface area contributed by atoms with Crippen LogP contribution in [-0.2, 0) is 19.7 Å². The van der Waals surface area contributed by atoms with Crippen LogP contribution in [-0.4, -0.2) is 36.2 Å². The molecule has 1 unspecified atom stereocenters. The van der Waals surface area contributed by atoms with Gasteiger partial charge >= 0.3 is 5.97 Å². The van der Waals surface area contributed by atoms with Gasteiger partial charge in [0.15, 0.2) is 6.04 Å². The van der Waals surface area contributed by atoms with Crippen molar-refractivity contribution in [2.45, 2.75) is 32.2 Å². The summed E-state index contributed by atoms with van der Waals surface area (Å²) in [6, 6.07) is 6.51. The number of rotatable bonds is 8. The van der Waals surface area contributed by atoms with E-state index in [0.717, 1.165) is 11.1 Å². The topological polar surface area (TPSA) is 75.6 Å². The Morgan fingerprint density at radius 3 is 2.45 bits per heavy atom. The standard InChI is InChI=1S/C17H23NO4/c1-5-10-22-11-14(15(19)20)18-16(21)17(3,4)13-8-6-12(2)7-9-13/h5-9,14H,1,10-11H2,2-4H3,(H,18,21)(H,19,20). The van der Waals surface area contributed by atoms with E-state index >= 15 is 0 Å². The van der Waals surface area contributed by atoms with Crippen molar-refractivity contribution >= 4 is 11.9 Å². The number of nitrogens with one attached hydrogen (secondary N) is 1. The van der Waals surface area contributed by atoms with E-state index in [-0.39, 0.29) is 19.1 Å². The van der Waals surface area contributed by atoms with Crippen molar-refractivity contribution in [3.05, 3.63) is 48.0 Å². The molecule has 0 fully saturated rings. The highest BCUT2D eigenvalue weighted by Gasteiger charge is 2.32. The van der Waals surface area contributed by atoms with Crippen LogP contribution in [0.5, 0.6) is 0 Å². The first-order chi connectivity index (χ1) is 10.3. The normalized spacial score (nSPS) is 12.5. The number of aliphatic carboxylic acids is 1. The molecule has 0 aliphatic carbocycles. The van der Waals surface area contributed by atoms with Crippen LogP contribution in [0.15, 0.2) is 36.9 Å². The van der Waals surface area contributed by atoms with Gasteiger partial charge in [0.05, 0.1) is 18.6 Å². The molecular weight excluding hydrogens is 282 g/mol. The minimum Gasteiger partial charge on any atom is -0.480 e. The van der Waals surface area contributed by atoms with Crippen LogP contribution in [0, 0.1) is 6.92 Å². The molecule has 5 nitrogen and oxygen atoms in total. The molecule has 1 atom stereocenters. The molecular formula is C17H23NO4. The summed E-state index contributed by atoms with van der Waals surface area (Å²) < 4.78 is 5.13. The second-order valence-corrected chi connectivity index (χ2v) is 5.68. The lowest BCUT2D eigenvalue weighted by molar-refractivity contribution is -0.144. The number of amides is 1. The Hall–Kier alpha value is -2.14. The van der Waals surface area contributed by atoms with Gasteiger partial charge in [-0.1, -0.05) is 35.9 Å². The van der Waals surface area contributed by atoms with Gasteiger partial charge in [-0.05, 0) is 26.3 Å². The highest BCUT2D eigenvalue weighted by molar-refractivity contribution is 5.90. The fourth-order valence-corrected chi connectivity index (χ4v) is 1.88. The van der Waals surface area contributed by atoms with Gasteiger partial charge in [0.2, 0.25) is 5.91 Å². The van der Waals surface area contributed by atoms with Crippen LogP contribution in [0.25, 0.3) is 0 Å². The maximum atomic E-state index is 12.4. The maximum Gasteiger partial charge on any atom is 0.328 e. The molecule has 0 aromatic heterocycles. The molecule has 0 radical (unpaired) electrons. The third-order valence-corrected chi connectivity index (χ3v) is 3.46. The molecule has 0 spiro atoms. The Kier molecular flexibility index (Phi) is 6.31. The lowest BCUT2D eigenvalue weighted by Gasteiger charge is -2.26. The van der Waals surface area contributed by atoms with E-state index in [1.54, 1.807) is 13.8 Å². The first-order valence-electron chi connectivity index (χ1n) is 7.08. The van der Waals surface area contributed by atoms with Crippen LogP contribution >= 0.6 is 0 Å². The van der Waals surface area contributed by atoms with Gasteiger partial charge in [-0.2, -0.15) is 0 Å². The highest BCUT2D eigenvalue weighted by atomic mass is 16.5. The van der Waals surface area contributed by atoms with Crippen molar-refractivity contribution in [3.63, 3.8) is 0 Å². The smallest absolute Gasteiger partial charge is 0.328 e. The molecule has 1 rings (SSSR count). The van der Waals surface area contributed by atoms with Crippen LogP contribution in [0.3, 0.4) is 0 Å². The number of carboxylic acids is 1. The van der Waals surface area contributed by atoms with Crippen molar-refractivity contribution in [1.82, 2.24) is 5.32 Å². The third kappa shape index (κ3) is 4.70. The first kappa shape index (κ1) is 17.9. The van der Waals surface area contributed by atoms with Gasteiger partial charge in [0, 0.05) is 0 Å². The molecule has 0 saturated carbocycles. The van der Waals surface area contributed by atoms with E-state index < -0.39 is 17.4 Å². The molecule has 0 heterocycles. The van der Waals surface area contributed by atoms with Crippen LogP contribution < -0.4 is 5.32 Å². The summed E-state index contributed by atoms with van der Waals surface area (Å²) in [5.74, 6) is -1.48. The molecule has 22 heavy (non-hydrogen) atoms. The van der Waals surface area contributed by atoms with Gasteiger partial charge in [0.25, 0.3) is 0 Å². The maximum absolute atomic E-state index is 12.4. The van der Waals surface area contributed by atoms with E-state index in [1.165, 1.54) is 6.08 Å². The van der Waals surface area contributed by atoms with Crippen molar-refractivity contribution in [3.8, 4) is 0 Å². The van der Waals surface area contributed by atoms with E-state index in [1.807, 2.05) is 31.2 Å².